The molecular weight excluding hydrogens is 233 g/mol. The summed E-state index contributed by atoms with van der Waals surface area (Å²) in [6.45, 7) is 0. The third-order valence-corrected chi connectivity index (χ3v) is 2.25. The first kappa shape index (κ1) is 11.7. The first-order chi connectivity index (χ1) is 8.70. The van der Waals surface area contributed by atoms with E-state index in [4.69, 9.17) is 5.26 Å². The quantitative estimate of drug-likeness (QED) is 0.877. The maximum Gasteiger partial charge on any atom is 0.256 e. The Bertz CT molecular complexity index is 634. The van der Waals surface area contributed by atoms with Gasteiger partial charge in [-0.1, -0.05) is 6.07 Å². The van der Waals surface area contributed by atoms with E-state index in [1.165, 1.54) is 30.5 Å². The van der Waals surface area contributed by atoms with Gasteiger partial charge in [0.2, 0.25) is 0 Å². The van der Waals surface area contributed by atoms with Crippen LogP contribution in [0.15, 0.2) is 42.6 Å². The van der Waals surface area contributed by atoms with Gasteiger partial charge >= 0.3 is 0 Å². The van der Waals surface area contributed by atoms with Gasteiger partial charge in [-0.25, -0.2) is 9.37 Å². The molecule has 1 amide bonds. The number of hydrogen-bond acceptors (Lipinski definition) is 3. The molecule has 0 fully saturated rings. The summed E-state index contributed by atoms with van der Waals surface area (Å²) in [6.07, 6.45) is 1.46. The molecule has 0 atom stereocenters. The number of carbonyl (C=O) groups is 1. The smallest absolute Gasteiger partial charge is 0.256 e. The van der Waals surface area contributed by atoms with Gasteiger partial charge in [0.05, 0.1) is 5.56 Å². The van der Waals surface area contributed by atoms with Gasteiger partial charge in [0.25, 0.3) is 5.91 Å². The second-order valence-corrected chi connectivity index (χ2v) is 3.48. The number of nitriles is 1. The highest BCUT2D eigenvalue weighted by Gasteiger charge is 2.10. The van der Waals surface area contributed by atoms with Crippen molar-refractivity contribution in [2.24, 2.45) is 0 Å². The van der Waals surface area contributed by atoms with Crippen molar-refractivity contribution in [3.63, 3.8) is 0 Å². The fourth-order valence-electron chi connectivity index (χ4n) is 1.40. The topological polar surface area (TPSA) is 65.8 Å². The number of nitrogens with zero attached hydrogens (tertiary/aromatic N) is 2. The first-order valence-electron chi connectivity index (χ1n) is 5.13. The van der Waals surface area contributed by atoms with Crippen molar-refractivity contribution in [2.75, 3.05) is 5.32 Å². The Labute approximate surface area is 103 Å². The summed E-state index contributed by atoms with van der Waals surface area (Å²) in [5.74, 6) is -0.844. The van der Waals surface area contributed by atoms with Crippen molar-refractivity contribution in [3.8, 4) is 6.07 Å². The van der Waals surface area contributed by atoms with Crippen LogP contribution in [0.5, 0.6) is 0 Å². The maximum atomic E-state index is 13.0. The van der Waals surface area contributed by atoms with Crippen LogP contribution in [-0.2, 0) is 0 Å². The predicted molar refractivity (Wildman–Crippen MR) is 63.3 cm³/mol. The maximum absolute atomic E-state index is 13.0. The Morgan fingerprint density at radius 2 is 2.17 bits per heavy atom. The van der Waals surface area contributed by atoms with Crippen LogP contribution >= 0.6 is 0 Å². The van der Waals surface area contributed by atoms with E-state index in [0.717, 1.165) is 6.07 Å². The normalized spacial score (nSPS) is 9.56. The van der Waals surface area contributed by atoms with Crippen molar-refractivity contribution in [1.29, 1.82) is 5.26 Å². The van der Waals surface area contributed by atoms with Gasteiger partial charge < -0.3 is 5.32 Å². The molecule has 0 saturated carbocycles. The number of hydrogen-bond donors (Lipinski definition) is 1. The SMILES string of the molecule is N#Cc1cccnc1NC(=O)c1cccc(F)c1. The number of nitrogens with one attached hydrogen (secondary N) is 1. The molecule has 1 aromatic heterocycles. The molecule has 0 aliphatic rings. The van der Waals surface area contributed by atoms with Gasteiger partial charge in [0, 0.05) is 11.8 Å². The number of halogens is 1. The predicted octanol–water partition coefficient (Wildman–Crippen LogP) is 2.34. The number of carbonyl (C=O) groups excluding carboxylic acids is 1. The Morgan fingerprint density at radius 3 is 2.89 bits per heavy atom. The van der Waals surface area contributed by atoms with Crippen LogP contribution < -0.4 is 5.32 Å². The minimum absolute atomic E-state index is 0.161. The van der Waals surface area contributed by atoms with Crippen molar-refractivity contribution in [2.45, 2.75) is 0 Å². The summed E-state index contributed by atoms with van der Waals surface area (Å²) in [7, 11) is 0. The van der Waals surface area contributed by atoms with Crippen molar-refractivity contribution < 1.29 is 9.18 Å². The molecule has 88 valence electrons. The minimum atomic E-state index is -0.510. The molecule has 0 bridgehead atoms. The van der Waals surface area contributed by atoms with Crippen LogP contribution in [0, 0.1) is 17.1 Å². The molecule has 1 N–H and O–H groups in total. The molecule has 4 nitrogen and oxygen atoms in total. The fourth-order valence-corrected chi connectivity index (χ4v) is 1.40. The van der Waals surface area contributed by atoms with Crippen molar-refractivity contribution in [1.82, 2.24) is 4.98 Å². The van der Waals surface area contributed by atoms with E-state index in [1.807, 2.05) is 6.07 Å². The van der Waals surface area contributed by atoms with E-state index in [2.05, 4.69) is 10.3 Å². The lowest BCUT2D eigenvalue weighted by Crippen LogP contribution is -2.14. The average Bonchev–Trinajstić information content (AvgIpc) is 2.39. The van der Waals surface area contributed by atoms with E-state index >= 15 is 0 Å². The van der Waals surface area contributed by atoms with Gasteiger partial charge in [-0.05, 0) is 30.3 Å². The summed E-state index contributed by atoms with van der Waals surface area (Å²) in [5, 5.41) is 11.3. The summed E-state index contributed by atoms with van der Waals surface area (Å²) >= 11 is 0. The highest BCUT2D eigenvalue weighted by molar-refractivity contribution is 6.04. The zero-order valence-corrected chi connectivity index (χ0v) is 9.22. The summed E-state index contributed by atoms with van der Waals surface area (Å²) in [4.78, 5) is 15.7. The molecule has 2 rings (SSSR count). The van der Waals surface area contributed by atoms with Crippen LogP contribution in [0.1, 0.15) is 15.9 Å². The lowest BCUT2D eigenvalue weighted by Gasteiger charge is -2.05. The van der Waals surface area contributed by atoms with E-state index in [1.54, 1.807) is 6.07 Å². The van der Waals surface area contributed by atoms with Gasteiger partial charge in [-0.3, -0.25) is 4.79 Å². The van der Waals surface area contributed by atoms with E-state index in [0.29, 0.717) is 0 Å². The molecule has 18 heavy (non-hydrogen) atoms. The Morgan fingerprint density at radius 1 is 1.33 bits per heavy atom. The number of aromatic nitrogens is 1. The van der Waals surface area contributed by atoms with E-state index in [-0.39, 0.29) is 16.9 Å². The Balaban J connectivity index is 2.25. The summed E-state index contributed by atoms with van der Waals surface area (Å²) < 4.78 is 13.0. The summed E-state index contributed by atoms with van der Waals surface area (Å²) in [6, 6.07) is 10.3. The van der Waals surface area contributed by atoms with Gasteiger partial charge in [-0.2, -0.15) is 5.26 Å². The molecule has 0 saturated heterocycles. The standard InChI is InChI=1S/C13H8FN3O/c14-11-5-1-3-9(7-11)13(18)17-12-10(8-15)4-2-6-16-12/h1-7H,(H,16,17,18). The second kappa shape index (κ2) is 5.06. The van der Waals surface area contributed by atoms with Gasteiger partial charge in [0.15, 0.2) is 5.82 Å². The van der Waals surface area contributed by atoms with Crippen molar-refractivity contribution in [3.05, 3.63) is 59.5 Å². The molecule has 0 radical (unpaired) electrons. The molecule has 0 aliphatic carbocycles. The molecule has 1 aromatic carbocycles. The van der Waals surface area contributed by atoms with Crippen molar-refractivity contribution >= 4 is 11.7 Å². The largest absolute Gasteiger partial charge is 0.305 e. The Kier molecular flexibility index (Phi) is 3.30. The van der Waals surface area contributed by atoms with Crippen LogP contribution in [0.4, 0.5) is 10.2 Å². The zero-order chi connectivity index (χ0) is 13.0. The number of anilines is 1. The monoisotopic (exact) mass is 241 g/mol. The molecule has 0 spiro atoms. The van der Waals surface area contributed by atoms with Crippen LogP contribution in [-0.4, -0.2) is 10.9 Å². The fraction of sp³-hybridized carbons (Fsp3) is 0. The second-order valence-electron chi connectivity index (χ2n) is 3.48. The minimum Gasteiger partial charge on any atom is -0.305 e. The third-order valence-electron chi connectivity index (χ3n) is 2.25. The molecule has 5 heteroatoms. The first-order valence-corrected chi connectivity index (χ1v) is 5.13. The van der Waals surface area contributed by atoms with E-state index in [9.17, 15) is 9.18 Å². The number of pyridine rings is 1. The number of rotatable bonds is 2. The lowest BCUT2D eigenvalue weighted by molar-refractivity contribution is 0.102. The van der Waals surface area contributed by atoms with Gasteiger partial charge in [0.1, 0.15) is 11.9 Å². The number of benzene rings is 1. The third kappa shape index (κ3) is 2.50. The highest BCUT2D eigenvalue weighted by atomic mass is 19.1. The molecule has 1 heterocycles. The average molecular weight is 241 g/mol. The van der Waals surface area contributed by atoms with Crippen LogP contribution in [0.25, 0.3) is 0 Å². The van der Waals surface area contributed by atoms with Gasteiger partial charge in [-0.15, -0.1) is 0 Å². The zero-order valence-electron chi connectivity index (χ0n) is 9.22. The number of amides is 1. The molecule has 0 unspecified atom stereocenters. The van der Waals surface area contributed by atoms with Crippen LogP contribution in [0.2, 0.25) is 0 Å². The molecule has 2 aromatic rings. The van der Waals surface area contributed by atoms with Crippen LogP contribution in [0.3, 0.4) is 0 Å². The van der Waals surface area contributed by atoms with E-state index < -0.39 is 11.7 Å². The lowest BCUT2D eigenvalue weighted by atomic mass is 10.2. The molecular formula is C13H8FN3O. The Hall–Kier alpha value is -2.74. The molecule has 0 aliphatic heterocycles. The summed E-state index contributed by atoms with van der Waals surface area (Å²) in [5.41, 5.74) is 0.423. The highest BCUT2D eigenvalue weighted by Crippen LogP contribution is 2.12.